The van der Waals surface area contributed by atoms with E-state index in [-0.39, 0.29) is 12.0 Å². The first-order valence-electron chi connectivity index (χ1n) is 20.2. The van der Waals surface area contributed by atoms with Crippen molar-refractivity contribution in [2.45, 2.75) is 12.6 Å². The van der Waals surface area contributed by atoms with Crippen LogP contribution in [-0.4, -0.2) is 22.4 Å². The molecule has 1 aromatic heterocycles. The Labute approximate surface area is 360 Å². The zero-order valence-corrected chi connectivity index (χ0v) is 33.4. The van der Waals surface area contributed by atoms with Crippen molar-refractivity contribution in [3.8, 4) is 40.1 Å². The molecular weight excluding hydrogens is 790 g/mol. The van der Waals surface area contributed by atoms with Crippen LogP contribution in [0, 0.1) is 22.7 Å². The Morgan fingerprint density at radius 3 is 1.71 bits per heavy atom. The Hall–Kier alpha value is -8.53. The summed E-state index contributed by atoms with van der Waals surface area (Å²) in [7, 11) is 0. The number of nitrogens with zero attached hydrogens (tertiary/aromatic N) is 5. The second-order valence-corrected chi connectivity index (χ2v) is 15.2. The van der Waals surface area contributed by atoms with E-state index in [4.69, 9.17) is 9.98 Å². The molecule has 1 aliphatic heterocycles. The lowest BCUT2D eigenvalue weighted by atomic mass is 9.94. The molecule has 1 aliphatic carbocycles. The minimum atomic E-state index is -4.60. The predicted molar refractivity (Wildman–Crippen MR) is 244 cm³/mol. The molecule has 6 nitrogen and oxygen atoms in total. The van der Waals surface area contributed by atoms with Gasteiger partial charge in [0.05, 0.1) is 39.9 Å². The van der Waals surface area contributed by atoms with Gasteiger partial charge in [0.15, 0.2) is 5.84 Å². The number of halogens is 3. The Bertz CT molecular complexity index is 3390. The van der Waals surface area contributed by atoms with Crippen molar-refractivity contribution in [3.05, 3.63) is 220 Å². The van der Waals surface area contributed by atoms with E-state index in [1.807, 2.05) is 133 Å². The second-order valence-electron chi connectivity index (χ2n) is 15.2. The molecule has 0 saturated heterocycles. The summed E-state index contributed by atoms with van der Waals surface area (Å²) < 4.78 is 46.6. The molecule has 7 aromatic carbocycles. The quantitative estimate of drug-likeness (QED) is 0.187. The number of amidine groups is 2. The molecule has 300 valence electrons. The lowest BCUT2D eigenvalue weighted by Gasteiger charge is -2.20. The van der Waals surface area contributed by atoms with Gasteiger partial charge in [0, 0.05) is 32.8 Å². The number of fused-ring (bicyclic) bond motifs is 3. The Kier molecular flexibility index (Phi) is 9.71. The predicted octanol–water partition coefficient (Wildman–Crippen LogP) is 11.0. The summed E-state index contributed by atoms with van der Waals surface area (Å²) in [5.41, 5.74) is 8.07. The van der Waals surface area contributed by atoms with E-state index in [0.29, 0.717) is 44.7 Å². The number of alkyl halides is 3. The van der Waals surface area contributed by atoms with Gasteiger partial charge in [0.2, 0.25) is 0 Å². The van der Waals surface area contributed by atoms with Crippen LogP contribution in [0.25, 0.3) is 61.1 Å². The SMILES string of the molecule is N#Cc1cccc(-c2ccc3c(c2)c2cc(-c4cccc(C#N)c4)ccc2n3-c2ccc(=C3CC=CC=C3C(F)(F)F)c(=C3N=C(c4ccccc4)N=C(c4ccccc4)N3)c2)c1. The number of aromatic nitrogens is 1. The maximum absolute atomic E-state index is 14.8. The van der Waals surface area contributed by atoms with E-state index in [9.17, 15) is 23.7 Å². The molecule has 0 spiro atoms. The topological polar surface area (TPSA) is 89.3 Å². The number of allylic oxidation sites excluding steroid dienone is 4. The third kappa shape index (κ3) is 7.28. The summed E-state index contributed by atoms with van der Waals surface area (Å²) >= 11 is 0. The van der Waals surface area contributed by atoms with Gasteiger partial charge >= 0.3 is 6.18 Å². The van der Waals surface area contributed by atoms with Crippen LogP contribution in [0.2, 0.25) is 0 Å². The Balaban J connectivity index is 1.28. The Morgan fingerprint density at radius 1 is 0.556 bits per heavy atom. The maximum atomic E-state index is 14.8. The number of nitrogens with one attached hydrogen (secondary N) is 1. The van der Waals surface area contributed by atoms with Crippen LogP contribution in [0.3, 0.4) is 0 Å². The maximum Gasteiger partial charge on any atom is 0.416 e. The third-order valence-corrected chi connectivity index (χ3v) is 11.4. The minimum Gasteiger partial charge on any atom is -0.324 e. The molecule has 0 atom stereocenters. The average molecular weight is 823 g/mol. The Morgan fingerprint density at radius 2 is 1.13 bits per heavy atom. The van der Waals surface area contributed by atoms with Crippen molar-refractivity contribution < 1.29 is 13.2 Å². The van der Waals surface area contributed by atoms with E-state index in [0.717, 1.165) is 61.3 Å². The molecule has 0 bridgehead atoms. The normalized spacial score (nSPS) is 15.5. The van der Waals surface area contributed by atoms with Crippen molar-refractivity contribution in [2.24, 2.45) is 9.98 Å². The average Bonchev–Trinajstić information content (AvgIpc) is 3.67. The molecule has 2 heterocycles. The van der Waals surface area contributed by atoms with Gasteiger partial charge in [-0.3, -0.25) is 0 Å². The van der Waals surface area contributed by atoms with Gasteiger partial charge in [-0.2, -0.15) is 23.7 Å². The zero-order chi connectivity index (χ0) is 43.1. The molecule has 0 amide bonds. The number of nitriles is 2. The van der Waals surface area contributed by atoms with E-state index in [2.05, 4.69) is 34.2 Å². The third-order valence-electron chi connectivity index (χ3n) is 11.4. The van der Waals surface area contributed by atoms with E-state index < -0.39 is 11.7 Å². The fraction of sp³-hybridized carbons (Fsp3) is 0.0370. The number of benzene rings is 7. The van der Waals surface area contributed by atoms with E-state index in [1.165, 1.54) is 6.08 Å². The highest BCUT2D eigenvalue weighted by Crippen LogP contribution is 2.38. The fourth-order valence-corrected chi connectivity index (χ4v) is 8.39. The number of rotatable bonds is 5. The van der Waals surface area contributed by atoms with Gasteiger partial charge in [-0.05, 0) is 100 Å². The van der Waals surface area contributed by atoms with Crippen LogP contribution in [0.4, 0.5) is 13.2 Å². The molecule has 2 aliphatic rings. The molecule has 10 rings (SSSR count). The van der Waals surface area contributed by atoms with Crippen LogP contribution in [0.5, 0.6) is 0 Å². The van der Waals surface area contributed by atoms with Gasteiger partial charge < -0.3 is 9.88 Å². The molecular formula is C54H33F3N6. The van der Waals surface area contributed by atoms with Gasteiger partial charge in [-0.15, -0.1) is 0 Å². The summed E-state index contributed by atoms with van der Waals surface area (Å²) in [6, 6.07) is 56.3. The molecule has 0 unspecified atom stereocenters. The van der Waals surface area contributed by atoms with Gasteiger partial charge in [0.25, 0.3) is 0 Å². The van der Waals surface area contributed by atoms with Gasteiger partial charge in [0.1, 0.15) is 11.7 Å². The van der Waals surface area contributed by atoms with Crippen LogP contribution in [-0.2, 0) is 0 Å². The van der Waals surface area contributed by atoms with Gasteiger partial charge in [-0.1, -0.05) is 121 Å². The van der Waals surface area contributed by atoms with E-state index >= 15 is 0 Å². The van der Waals surface area contributed by atoms with Crippen molar-refractivity contribution >= 4 is 44.9 Å². The van der Waals surface area contributed by atoms with Crippen LogP contribution in [0.15, 0.2) is 198 Å². The van der Waals surface area contributed by atoms with Crippen molar-refractivity contribution in [1.82, 2.24) is 9.88 Å². The van der Waals surface area contributed by atoms with Crippen LogP contribution >= 0.6 is 0 Å². The molecule has 9 heteroatoms. The largest absolute Gasteiger partial charge is 0.416 e. The summed E-state index contributed by atoms with van der Waals surface area (Å²) in [6.45, 7) is 0. The van der Waals surface area contributed by atoms with Crippen molar-refractivity contribution in [3.63, 3.8) is 0 Å². The molecule has 8 aromatic rings. The smallest absolute Gasteiger partial charge is 0.324 e. The summed E-state index contributed by atoms with van der Waals surface area (Å²) in [6.07, 6.45) is -0.215. The number of hydrogen-bond acceptors (Lipinski definition) is 5. The molecule has 63 heavy (non-hydrogen) atoms. The fourth-order valence-electron chi connectivity index (χ4n) is 8.39. The van der Waals surface area contributed by atoms with Crippen LogP contribution in [0.1, 0.15) is 28.7 Å². The number of aliphatic imine (C=N–C) groups is 2. The van der Waals surface area contributed by atoms with Crippen molar-refractivity contribution in [1.29, 1.82) is 10.5 Å². The van der Waals surface area contributed by atoms with Crippen molar-refractivity contribution in [2.75, 3.05) is 0 Å². The van der Waals surface area contributed by atoms with E-state index in [1.54, 1.807) is 24.3 Å². The molecule has 1 N–H and O–H groups in total. The van der Waals surface area contributed by atoms with Gasteiger partial charge in [-0.25, -0.2) is 9.98 Å². The minimum absolute atomic E-state index is 0.0702. The molecule has 0 radical (unpaired) electrons. The first-order valence-corrected chi connectivity index (χ1v) is 20.2. The molecule has 0 saturated carbocycles. The lowest BCUT2D eigenvalue weighted by Crippen LogP contribution is -2.39. The molecule has 0 fully saturated rings. The first kappa shape index (κ1) is 38.7. The summed E-state index contributed by atoms with van der Waals surface area (Å²) in [4.78, 5) is 9.98. The first-order chi connectivity index (χ1) is 30.7. The zero-order valence-electron chi connectivity index (χ0n) is 33.4. The van der Waals surface area contributed by atoms with Crippen LogP contribution < -0.4 is 15.8 Å². The monoisotopic (exact) mass is 822 g/mol. The summed E-state index contributed by atoms with van der Waals surface area (Å²) in [5, 5.41) is 25.5. The second kappa shape index (κ2) is 15.8. The highest BCUT2D eigenvalue weighted by Gasteiger charge is 2.36. The highest BCUT2D eigenvalue weighted by molar-refractivity contribution is 6.16. The number of hydrogen-bond donors (Lipinski definition) is 1. The lowest BCUT2D eigenvalue weighted by molar-refractivity contribution is -0.0874. The summed E-state index contributed by atoms with van der Waals surface area (Å²) in [5.74, 6) is 1.27. The highest BCUT2D eigenvalue weighted by atomic mass is 19.4. The standard InChI is InChI=1S/C54H33F3N6/c55-54(56,57)48-20-8-7-19-44(48)43-24-23-42(31-47(43)53-61-51(36-13-3-1-4-14-36)60-52(62-53)37-15-5-2-6-16-37)63-49-25-21-40(38-17-9-11-34(27-38)32-58)29-45(49)46-30-41(22-26-50(46)63)39-18-10-12-35(28-39)33-59/h1-18,20-31H,19H2,(H,60,61,62).